The Balaban J connectivity index is 3.38. The van der Waals surface area contributed by atoms with Gasteiger partial charge in [0.2, 0.25) is 0 Å². The van der Waals surface area contributed by atoms with Crippen molar-refractivity contribution < 1.29 is 8.78 Å². The number of rotatable bonds is 1. The Bertz CT molecular complexity index is 311. The molecule has 12 heavy (non-hydrogen) atoms. The summed E-state index contributed by atoms with van der Waals surface area (Å²) < 4.78 is 25.8. The minimum absolute atomic E-state index is 0.458. The summed E-state index contributed by atoms with van der Waals surface area (Å²) in [5.41, 5.74) is 4.98. The van der Waals surface area contributed by atoms with Crippen molar-refractivity contribution in [2.75, 3.05) is 0 Å². The highest BCUT2D eigenvalue weighted by atomic mass is 19.1. The van der Waals surface area contributed by atoms with E-state index in [0.29, 0.717) is 5.56 Å². The van der Waals surface area contributed by atoms with Crippen LogP contribution in [-0.4, -0.2) is 5.84 Å². The lowest BCUT2D eigenvalue weighted by atomic mass is 10.1. The molecule has 0 radical (unpaired) electrons. The molecule has 0 saturated heterocycles. The number of nitrogen functional groups attached to an aromatic ring is 1. The van der Waals surface area contributed by atoms with Crippen molar-refractivity contribution in [3.05, 3.63) is 34.9 Å². The summed E-state index contributed by atoms with van der Waals surface area (Å²) in [6, 6.07) is 2.28. The van der Waals surface area contributed by atoms with Gasteiger partial charge in [-0.15, -0.1) is 0 Å². The van der Waals surface area contributed by atoms with Crippen LogP contribution < -0.4 is 5.73 Å². The molecule has 0 bridgehead atoms. The van der Waals surface area contributed by atoms with Crippen LogP contribution in [0, 0.1) is 24.0 Å². The van der Waals surface area contributed by atoms with Crippen LogP contribution in [0.3, 0.4) is 0 Å². The van der Waals surface area contributed by atoms with Gasteiger partial charge in [-0.1, -0.05) is 0 Å². The Kier molecular flexibility index (Phi) is 2.08. The molecule has 3 N–H and O–H groups in total. The lowest BCUT2D eigenvalue weighted by Crippen LogP contribution is -2.15. The molecule has 0 amide bonds. The first-order chi connectivity index (χ1) is 5.52. The van der Waals surface area contributed by atoms with E-state index < -0.39 is 23.0 Å². The van der Waals surface area contributed by atoms with Gasteiger partial charge in [-0.25, -0.2) is 8.78 Å². The summed E-state index contributed by atoms with van der Waals surface area (Å²) >= 11 is 0. The number of hydrogen-bond acceptors (Lipinski definition) is 1. The van der Waals surface area contributed by atoms with E-state index in [1.54, 1.807) is 6.92 Å². The van der Waals surface area contributed by atoms with E-state index in [2.05, 4.69) is 0 Å². The van der Waals surface area contributed by atoms with E-state index in [0.717, 1.165) is 12.1 Å². The van der Waals surface area contributed by atoms with Crippen LogP contribution >= 0.6 is 0 Å². The molecule has 2 nitrogen and oxygen atoms in total. The zero-order chi connectivity index (χ0) is 9.30. The molecule has 4 heteroatoms. The Morgan fingerprint density at radius 2 is 1.75 bits per heavy atom. The van der Waals surface area contributed by atoms with Crippen LogP contribution in [-0.2, 0) is 0 Å². The lowest BCUT2D eigenvalue weighted by molar-refractivity contribution is 0.576. The standard InChI is InChI=1S/C8H8F2N2/c1-4-2-5(9)7(8(11)12)6(10)3-4/h2-3H,1H3,(H3,11,12). The highest BCUT2D eigenvalue weighted by molar-refractivity contribution is 5.95. The van der Waals surface area contributed by atoms with Crippen LogP contribution in [0.4, 0.5) is 8.78 Å². The van der Waals surface area contributed by atoms with Crippen LogP contribution in [0.2, 0.25) is 0 Å². The Labute approximate surface area is 68.5 Å². The average Bonchev–Trinajstić information content (AvgIpc) is 1.82. The number of benzene rings is 1. The van der Waals surface area contributed by atoms with Crippen molar-refractivity contribution >= 4 is 5.84 Å². The molecule has 0 spiro atoms. The predicted octanol–water partition coefficient (Wildman–Crippen LogP) is 1.56. The van der Waals surface area contributed by atoms with Gasteiger partial charge >= 0.3 is 0 Å². The van der Waals surface area contributed by atoms with E-state index in [1.165, 1.54) is 0 Å². The third-order valence-corrected chi connectivity index (χ3v) is 1.46. The van der Waals surface area contributed by atoms with Gasteiger partial charge in [-0.3, -0.25) is 5.41 Å². The van der Waals surface area contributed by atoms with E-state index in [9.17, 15) is 8.78 Å². The first-order valence-corrected chi connectivity index (χ1v) is 3.32. The fourth-order valence-electron chi connectivity index (χ4n) is 0.957. The quantitative estimate of drug-likeness (QED) is 0.487. The molecular formula is C8H8F2N2. The van der Waals surface area contributed by atoms with Gasteiger partial charge in [0.25, 0.3) is 0 Å². The zero-order valence-corrected chi connectivity index (χ0v) is 6.49. The van der Waals surface area contributed by atoms with Crippen molar-refractivity contribution in [1.82, 2.24) is 0 Å². The first kappa shape index (κ1) is 8.64. The SMILES string of the molecule is Cc1cc(F)c(C(=N)N)c(F)c1. The van der Waals surface area contributed by atoms with Crippen LogP contribution in [0.1, 0.15) is 11.1 Å². The maximum absolute atomic E-state index is 12.9. The topological polar surface area (TPSA) is 49.9 Å². The van der Waals surface area contributed by atoms with E-state index in [4.69, 9.17) is 11.1 Å². The maximum atomic E-state index is 12.9. The lowest BCUT2D eigenvalue weighted by Gasteiger charge is -2.03. The van der Waals surface area contributed by atoms with Crippen molar-refractivity contribution in [2.24, 2.45) is 5.73 Å². The second-order valence-electron chi connectivity index (χ2n) is 2.52. The number of halogens is 2. The molecule has 0 aliphatic rings. The van der Waals surface area contributed by atoms with Crippen molar-refractivity contribution in [2.45, 2.75) is 6.92 Å². The smallest absolute Gasteiger partial charge is 0.137 e. The van der Waals surface area contributed by atoms with Crippen LogP contribution in [0.15, 0.2) is 12.1 Å². The van der Waals surface area contributed by atoms with Crippen molar-refractivity contribution in [3.63, 3.8) is 0 Å². The monoisotopic (exact) mass is 170 g/mol. The second kappa shape index (κ2) is 2.89. The highest BCUT2D eigenvalue weighted by Crippen LogP contribution is 2.13. The third-order valence-electron chi connectivity index (χ3n) is 1.46. The largest absolute Gasteiger partial charge is 0.384 e. The van der Waals surface area contributed by atoms with Gasteiger partial charge in [-0.2, -0.15) is 0 Å². The van der Waals surface area contributed by atoms with Crippen molar-refractivity contribution in [1.29, 1.82) is 5.41 Å². The Morgan fingerprint density at radius 1 is 1.33 bits per heavy atom. The summed E-state index contributed by atoms with van der Waals surface area (Å²) in [6.07, 6.45) is 0. The number of nitrogens with one attached hydrogen (secondary N) is 1. The van der Waals surface area contributed by atoms with E-state index in [1.807, 2.05) is 0 Å². The molecule has 0 heterocycles. The molecule has 0 aromatic heterocycles. The number of hydrogen-bond donors (Lipinski definition) is 2. The van der Waals surface area contributed by atoms with Gasteiger partial charge < -0.3 is 5.73 Å². The van der Waals surface area contributed by atoms with Crippen molar-refractivity contribution in [3.8, 4) is 0 Å². The first-order valence-electron chi connectivity index (χ1n) is 3.32. The minimum atomic E-state index is -0.792. The Hall–Kier alpha value is -1.45. The van der Waals surface area contributed by atoms with Gasteiger partial charge in [-0.05, 0) is 24.6 Å². The molecule has 1 rings (SSSR count). The molecule has 64 valence electrons. The Morgan fingerprint density at radius 3 is 2.08 bits per heavy atom. The third kappa shape index (κ3) is 1.42. The minimum Gasteiger partial charge on any atom is -0.384 e. The molecule has 0 atom stereocenters. The molecular weight excluding hydrogens is 162 g/mol. The van der Waals surface area contributed by atoms with Gasteiger partial charge in [0.05, 0.1) is 5.56 Å². The van der Waals surface area contributed by atoms with Gasteiger partial charge in [0.1, 0.15) is 17.5 Å². The van der Waals surface area contributed by atoms with Crippen LogP contribution in [0.5, 0.6) is 0 Å². The second-order valence-corrected chi connectivity index (χ2v) is 2.52. The summed E-state index contributed by atoms with van der Waals surface area (Å²) in [5.74, 6) is -2.18. The molecule has 1 aromatic rings. The maximum Gasteiger partial charge on any atom is 0.137 e. The van der Waals surface area contributed by atoms with E-state index >= 15 is 0 Å². The molecule has 0 unspecified atom stereocenters. The fraction of sp³-hybridized carbons (Fsp3) is 0.125. The highest BCUT2D eigenvalue weighted by Gasteiger charge is 2.11. The molecule has 1 aromatic carbocycles. The normalized spacial score (nSPS) is 9.92. The summed E-state index contributed by atoms with van der Waals surface area (Å²) in [5, 5.41) is 6.89. The van der Waals surface area contributed by atoms with E-state index in [-0.39, 0.29) is 0 Å². The van der Waals surface area contributed by atoms with Gasteiger partial charge in [0.15, 0.2) is 0 Å². The number of aryl methyl sites for hydroxylation is 1. The fourth-order valence-corrected chi connectivity index (χ4v) is 0.957. The number of nitrogens with two attached hydrogens (primary N) is 1. The predicted molar refractivity (Wildman–Crippen MR) is 42.1 cm³/mol. The molecule has 0 aliphatic heterocycles. The zero-order valence-electron chi connectivity index (χ0n) is 6.49. The summed E-state index contributed by atoms with van der Waals surface area (Å²) in [6.45, 7) is 1.57. The van der Waals surface area contributed by atoms with Crippen LogP contribution in [0.25, 0.3) is 0 Å². The average molecular weight is 170 g/mol. The molecule has 0 fully saturated rings. The number of amidine groups is 1. The van der Waals surface area contributed by atoms with Gasteiger partial charge in [0, 0.05) is 0 Å². The molecule has 0 aliphatic carbocycles. The summed E-state index contributed by atoms with van der Waals surface area (Å²) in [7, 11) is 0. The molecule has 0 saturated carbocycles. The summed E-state index contributed by atoms with van der Waals surface area (Å²) in [4.78, 5) is 0.